The number of hydrogen-bond donors (Lipinski definition) is 1. The van der Waals surface area contributed by atoms with Gasteiger partial charge < -0.3 is 15.2 Å². The Kier molecular flexibility index (Phi) is 7.16. The summed E-state index contributed by atoms with van der Waals surface area (Å²) in [5.41, 5.74) is 7.82. The smallest absolute Gasteiger partial charge is 0.347 e. The molecule has 0 bridgehead atoms. The lowest BCUT2D eigenvalue weighted by Gasteiger charge is -2.16. The first kappa shape index (κ1) is 18.7. The van der Waals surface area contributed by atoms with Crippen molar-refractivity contribution in [3.05, 3.63) is 71.8 Å². The van der Waals surface area contributed by atoms with Crippen LogP contribution >= 0.6 is 0 Å². The van der Waals surface area contributed by atoms with E-state index in [0.29, 0.717) is 12.8 Å². The lowest BCUT2D eigenvalue weighted by Crippen LogP contribution is -2.37. The zero-order chi connectivity index (χ0) is 18.1. The van der Waals surface area contributed by atoms with Gasteiger partial charge in [0.1, 0.15) is 12.6 Å². The molecule has 2 N–H and O–H groups in total. The van der Waals surface area contributed by atoms with Crippen LogP contribution < -0.4 is 5.73 Å². The monoisotopic (exact) mass is 341 g/mol. The second kappa shape index (κ2) is 9.59. The SMILES string of the molecule is C[C@@H](OC(=O)[C@@H](N)CCc1ccccc1)C(=O)OCc1ccccc1. The fraction of sp³-hybridized carbons (Fsp3) is 0.300. The second-order valence-electron chi connectivity index (χ2n) is 5.80. The molecule has 0 spiro atoms. The number of ether oxygens (including phenoxy) is 2. The summed E-state index contributed by atoms with van der Waals surface area (Å²) in [6.07, 6.45) is 0.137. The van der Waals surface area contributed by atoms with Gasteiger partial charge >= 0.3 is 11.9 Å². The van der Waals surface area contributed by atoms with Crippen LogP contribution in [0.4, 0.5) is 0 Å². The highest BCUT2D eigenvalue weighted by atomic mass is 16.6. The Morgan fingerprint density at radius 2 is 1.48 bits per heavy atom. The molecule has 0 radical (unpaired) electrons. The highest BCUT2D eigenvalue weighted by molar-refractivity contribution is 5.81. The summed E-state index contributed by atoms with van der Waals surface area (Å²) in [5.74, 6) is -1.19. The number of rotatable bonds is 8. The molecule has 5 heteroatoms. The van der Waals surface area contributed by atoms with Gasteiger partial charge in [-0.05, 0) is 30.9 Å². The van der Waals surface area contributed by atoms with Crippen LogP contribution in [0.1, 0.15) is 24.5 Å². The molecule has 0 saturated carbocycles. The molecular formula is C20H23NO4. The lowest BCUT2D eigenvalue weighted by atomic mass is 10.1. The summed E-state index contributed by atoms with van der Waals surface area (Å²) in [7, 11) is 0. The standard InChI is InChI=1S/C20H23NO4/c1-15(19(22)24-14-17-10-6-3-7-11-17)25-20(23)18(21)13-12-16-8-4-2-5-9-16/h2-11,15,18H,12-14,21H2,1H3/t15-,18+/m1/s1. The normalized spacial score (nSPS) is 12.9. The van der Waals surface area contributed by atoms with E-state index in [2.05, 4.69) is 0 Å². The van der Waals surface area contributed by atoms with Gasteiger partial charge in [0.15, 0.2) is 6.10 Å². The molecule has 2 atom stereocenters. The van der Waals surface area contributed by atoms with E-state index in [1.807, 2.05) is 60.7 Å². The van der Waals surface area contributed by atoms with Crippen molar-refractivity contribution in [3.8, 4) is 0 Å². The highest BCUT2D eigenvalue weighted by Gasteiger charge is 2.23. The third-order valence-electron chi connectivity index (χ3n) is 3.74. The first-order valence-corrected chi connectivity index (χ1v) is 8.27. The zero-order valence-corrected chi connectivity index (χ0v) is 14.3. The van der Waals surface area contributed by atoms with Gasteiger partial charge in [-0.1, -0.05) is 60.7 Å². The summed E-state index contributed by atoms with van der Waals surface area (Å²) < 4.78 is 10.3. The Balaban J connectivity index is 1.73. The Morgan fingerprint density at radius 3 is 2.08 bits per heavy atom. The van der Waals surface area contributed by atoms with Crippen LogP contribution in [0.25, 0.3) is 0 Å². The zero-order valence-electron chi connectivity index (χ0n) is 14.3. The maximum Gasteiger partial charge on any atom is 0.347 e. The van der Waals surface area contributed by atoms with Crippen LogP contribution in [0.15, 0.2) is 60.7 Å². The average Bonchev–Trinajstić information content (AvgIpc) is 2.65. The van der Waals surface area contributed by atoms with E-state index in [1.165, 1.54) is 6.92 Å². The van der Waals surface area contributed by atoms with Crippen molar-refractivity contribution in [1.82, 2.24) is 0 Å². The summed E-state index contributed by atoms with van der Waals surface area (Å²) in [6.45, 7) is 1.62. The molecule has 2 rings (SSSR count). The van der Waals surface area contributed by atoms with E-state index in [1.54, 1.807) is 0 Å². The molecule has 0 fully saturated rings. The van der Waals surface area contributed by atoms with Crippen molar-refractivity contribution in [1.29, 1.82) is 0 Å². The molecule has 5 nitrogen and oxygen atoms in total. The molecule has 0 aliphatic heterocycles. The third kappa shape index (κ3) is 6.39. The predicted molar refractivity (Wildman–Crippen MR) is 94.5 cm³/mol. The van der Waals surface area contributed by atoms with E-state index >= 15 is 0 Å². The van der Waals surface area contributed by atoms with Crippen LogP contribution in [0.5, 0.6) is 0 Å². The fourth-order valence-electron chi connectivity index (χ4n) is 2.24. The van der Waals surface area contributed by atoms with Crippen molar-refractivity contribution < 1.29 is 19.1 Å². The average molecular weight is 341 g/mol. The maximum atomic E-state index is 12.0. The number of esters is 2. The summed E-state index contributed by atoms with van der Waals surface area (Å²) in [5, 5.41) is 0. The summed E-state index contributed by atoms with van der Waals surface area (Å²) >= 11 is 0. The Labute approximate surface area is 147 Å². The highest BCUT2D eigenvalue weighted by Crippen LogP contribution is 2.07. The van der Waals surface area contributed by atoms with Gasteiger partial charge in [-0.15, -0.1) is 0 Å². The fourth-order valence-corrected chi connectivity index (χ4v) is 2.24. The quantitative estimate of drug-likeness (QED) is 0.747. The van der Waals surface area contributed by atoms with Crippen LogP contribution in [0.2, 0.25) is 0 Å². The molecule has 0 saturated heterocycles. The molecule has 0 aliphatic carbocycles. The van der Waals surface area contributed by atoms with Gasteiger partial charge in [-0.2, -0.15) is 0 Å². The van der Waals surface area contributed by atoms with Gasteiger partial charge in [0.05, 0.1) is 0 Å². The van der Waals surface area contributed by atoms with Crippen molar-refractivity contribution in [2.75, 3.05) is 0 Å². The number of carbonyl (C=O) groups is 2. The lowest BCUT2D eigenvalue weighted by molar-refractivity contribution is -0.168. The van der Waals surface area contributed by atoms with Crippen molar-refractivity contribution >= 4 is 11.9 Å². The maximum absolute atomic E-state index is 12.0. The molecule has 25 heavy (non-hydrogen) atoms. The Hall–Kier alpha value is -2.66. The molecule has 0 heterocycles. The van der Waals surface area contributed by atoms with Crippen molar-refractivity contribution in [2.24, 2.45) is 5.73 Å². The van der Waals surface area contributed by atoms with Crippen LogP contribution in [-0.4, -0.2) is 24.1 Å². The van der Waals surface area contributed by atoms with Crippen LogP contribution in [0, 0.1) is 0 Å². The first-order chi connectivity index (χ1) is 12.1. The number of nitrogens with two attached hydrogens (primary N) is 1. The van der Waals surface area contributed by atoms with Crippen LogP contribution in [-0.2, 0) is 32.1 Å². The number of benzene rings is 2. The molecule has 2 aromatic carbocycles. The molecule has 0 amide bonds. The van der Waals surface area contributed by atoms with Crippen molar-refractivity contribution in [3.63, 3.8) is 0 Å². The largest absolute Gasteiger partial charge is 0.458 e. The third-order valence-corrected chi connectivity index (χ3v) is 3.74. The molecule has 0 unspecified atom stereocenters. The predicted octanol–water partition coefficient (Wildman–Crippen LogP) is 2.62. The molecule has 0 aromatic heterocycles. The molecule has 2 aromatic rings. The van der Waals surface area contributed by atoms with Gasteiger partial charge in [0.2, 0.25) is 0 Å². The summed E-state index contributed by atoms with van der Waals surface area (Å²) in [4.78, 5) is 23.9. The van der Waals surface area contributed by atoms with E-state index in [9.17, 15) is 9.59 Å². The van der Waals surface area contributed by atoms with E-state index in [0.717, 1.165) is 11.1 Å². The van der Waals surface area contributed by atoms with E-state index in [4.69, 9.17) is 15.2 Å². The van der Waals surface area contributed by atoms with Gasteiger partial charge in [-0.3, -0.25) is 4.79 Å². The second-order valence-corrected chi connectivity index (χ2v) is 5.80. The van der Waals surface area contributed by atoms with E-state index < -0.39 is 24.1 Å². The minimum Gasteiger partial charge on any atom is -0.458 e. The molecule has 132 valence electrons. The Morgan fingerprint density at radius 1 is 0.920 bits per heavy atom. The summed E-state index contributed by atoms with van der Waals surface area (Å²) in [6, 6.07) is 18.3. The minimum absolute atomic E-state index is 0.141. The Bertz CT molecular complexity index is 673. The number of hydrogen-bond acceptors (Lipinski definition) is 5. The van der Waals surface area contributed by atoms with Crippen LogP contribution in [0.3, 0.4) is 0 Å². The molecule has 0 aliphatic rings. The number of aryl methyl sites for hydroxylation is 1. The van der Waals surface area contributed by atoms with Gasteiger partial charge in [-0.25, -0.2) is 4.79 Å². The van der Waals surface area contributed by atoms with Gasteiger partial charge in [0, 0.05) is 0 Å². The topological polar surface area (TPSA) is 78.6 Å². The van der Waals surface area contributed by atoms with Crippen molar-refractivity contribution in [2.45, 2.75) is 38.5 Å². The van der Waals surface area contributed by atoms with E-state index in [-0.39, 0.29) is 6.61 Å². The minimum atomic E-state index is -0.987. The number of carbonyl (C=O) groups excluding carboxylic acids is 2. The molecular weight excluding hydrogens is 318 g/mol. The first-order valence-electron chi connectivity index (χ1n) is 8.27. The van der Waals surface area contributed by atoms with Gasteiger partial charge in [0.25, 0.3) is 0 Å².